The second-order valence-corrected chi connectivity index (χ2v) is 8.00. The molecule has 2 aliphatic heterocycles. The fourth-order valence-electron chi connectivity index (χ4n) is 4.81. The number of benzene rings is 1. The van der Waals surface area contributed by atoms with Gasteiger partial charge in [-0.25, -0.2) is 0 Å². The molecule has 0 aliphatic carbocycles. The zero-order chi connectivity index (χ0) is 18.9. The predicted octanol–water partition coefficient (Wildman–Crippen LogP) is 5.02. The highest BCUT2D eigenvalue weighted by atomic mass is 16.7. The molecule has 3 rings (SSSR count). The minimum Gasteiger partial charge on any atom is -0.362 e. The average Bonchev–Trinajstić information content (AvgIpc) is 2.85. The van der Waals surface area contributed by atoms with Gasteiger partial charge in [-0.2, -0.15) is 5.06 Å². The van der Waals surface area contributed by atoms with Crippen LogP contribution in [0.1, 0.15) is 54.9 Å². The zero-order valence-corrected chi connectivity index (χ0v) is 17.2. The van der Waals surface area contributed by atoms with Gasteiger partial charge in [0, 0.05) is 30.9 Å². The molecule has 142 valence electrons. The van der Waals surface area contributed by atoms with E-state index in [4.69, 9.17) is 4.84 Å². The van der Waals surface area contributed by atoms with Crippen LogP contribution in [0.5, 0.6) is 0 Å². The molecule has 3 heteroatoms. The van der Waals surface area contributed by atoms with Crippen LogP contribution in [0, 0.1) is 20.8 Å². The zero-order valence-electron chi connectivity index (χ0n) is 17.2. The van der Waals surface area contributed by atoms with Crippen LogP contribution in [0.3, 0.4) is 0 Å². The van der Waals surface area contributed by atoms with Gasteiger partial charge in [-0.1, -0.05) is 37.6 Å². The minimum absolute atomic E-state index is 0.0976. The molecular weight excluding hydrogens is 320 g/mol. The molecule has 0 amide bonds. The highest BCUT2D eigenvalue weighted by Gasteiger charge is 2.44. The lowest BCUT2D eigenvalue weighted by Gasteiger charge is -2.45. The Morgan fingerprint density at radius 2 is 1.73 bits per heavy atom. The smallest absolute Gasteiger partial charge is 0.0620 e. The summed E-state index contributed by atoms with van der Waals surface area (Å²) in [6, 6.07) is 4.59. The van der Waals surface area contributed by atoms with Crippen molar-refractivity contribution in [1.29, 1.82) is 0 Å². The molecule has 0 saturated carbocycles. The molecule has 0 unspecified atom stereocenters. The molecule has 0 aromatic heterocycles. The van der Waals surface area contributed by atoms with Gasteiger partial charge < -0.3 is 9.74 Å². The number of unbranched alkanes of at least 4 members (excludes halogenated alkanes) is 1. The highest BCUT2D eigenvalue weighted by Crippen LogP contribution is 2.46. The quantitative estimate of drug-likeness (QED) is 0.738. The summed E-state index contributed by atoms with van der Waals surface area (Å²) < 4.78 is 0. The van der Waals surface area contributed by atoms with Gasteiger partial charge >= 0.3 is 0 Å². The lowest BCUT2D eigenvalue weighted by Crippen LogP contribution is -2.51. The molecule has 1 fully saturated rings. The Morgan fingerprint density at radius 3 is 2.27 bits per heavy atom. The van der Waals surface area contributed by atoms with Crippen LogP contribution in [-0.2, 0) is 4.84 Å². The number of hydrogen-bond donors (Lipinski definition) is 0. The number of hydroxylamine groups is 2. The molecule has 2 aliphatic rings. The minimum atomic E-state index is 0.0976. The maximum Gasteiger partial charge on any atom is 0.0620 e. The van der Waals surface area contributed by atoms with E-state index >= 15 is 0 Å². The number of rotatable bonds is 5. The van der Waals surface area contributed by atoms with Crippen molar-refractivity contribution in [2.75, 3.05) is 26.7 Å². The van der Waals surface area contributed by atoms with Crippen LogP contribution in [-0.4, -0.2) is 42.2 Å². The number of allylic oxidation sites excluding steroid dienone is 1. The molecular formula is C23H34N2O. The Labute approximate surface area is 159 Å². The molecule has 0 atom stereocenters. The van der Waals surface area contributed by atoms with Crippen LogP contribution in [0.4, 0.5) is 0 Å². The number of nitrogens with zero attached hydrogens (tertiary/aromatic N) is 2. The van der Waals surface area contributed by atoms with E-state index in [9.17, 15) is 0 Å². The van der Waals surface area contributed by atoms with Crippen LogP contribution >= 0.6 is 0 Å². The fourth-order valence-corrected chi connectivity index (χ4v) is 4.81. The van der Waals surface area contributed by atoms with E-state index in [2.05, 4.69) is 62.4 Å². The Hall–Kier alpha value is -1.58. The van der Waals surface area contributed by atoms with Crippen molar-refractivity contribution in [3.63, 3.8) is 0 Å². The van der Waals surface area contributed by atoms with Gasteiger partial charge in [0.2, 0.25) is 0 Å². The average molecular weight is 355 g/mol. The lowest BCUT2D eigenvalue weighted by atomic mass is 9.86. The lowest BCUT2D eigenvalue weighted by molar-refractivity contribution is -0.155. The summed E-state index contributed by atoms with van der Waals surface area (Å²) >= 11 is 0. The molecule has 2 heterocycles. The summed E-state index contributed by atoms with van der Waals surface area (Å²) in [6.07, 6.45) is 7.14. The summed E-state index contributed by atoms with van der Waals surface area (Å²) in [6.45, 7) is 16.5. The van der Waals surface area contributed by atoms with E-state index in [0.717, 1.165) is 32.5 Å². The normalized spacial score (nSPS) is 20.1. The Morgan fingerprint density at radius 1 is 1.12 bits per heavy atom. The molecule has 26 heavy (non-hydrogen) atoms. The van der Waals surface area contributed by atoms with Crippen molar-refractivity contribution in [2.24, 2.45) is 0 Å². The largest absolute Gasteiger partial charge is 0.362 e. The van der Waals surface area contributed by atoms with E-state index in [1.54, 1.807) is 7.11 Å². The Kier molecular flexibility index (Phi) is 5.59. The Bertz CT molecular complexity index is 688. The fraction of sp³-hybridized carbons (Fsp3) is 0.565. The predicted molar refractivity (Wildman–Crippen MR) is 110 cm³/mol. The maximum atomic E-state index is 5.47. The van der Waals surface area contributed by atoms with Crippen molar-refractivity contribution in [2.45, 2.75) is 58.9 Å². The maximum absolute atomic E-state index is 5.47. The molecule has 0 bridgehead atoms. The standard InChI is InChI=1S/C23H34N2O/c1-7-8-11-25-20(5)21(22-18(3)14-17(2)15-19(22)4)16-23(25)9-12-24(26-6)13-10-23/h14-16H,5,7-13H2,1-4,6H3. The van der Waals surface area contributed by atoms with Crippen LogP contribution in [0.25, 0.3) is 5.57 Å². The van der Waals surface area contributed by atoms with Crippen molar-refractivity contribution in [1.82, 2.24) is 9.96 Å². The number of aryl methyl sites for hydroxylation is 3. The van der Waals surface area contributed by atoms with Gasteiger partial charge in [-0.3, -0.25) is 0 Å². The first kappa shape index (κ1) is 19.2. The van der Waals surface area contributed by atoms with Crippen molar-refractivity contribution in [3.8, 4) is 0 Å². The monoisotopic (exact) mass is 354 g/mol. The SMILES string of the molecule is C=C1C(c2c(C)cc(C)cc2C)=CC2(CCN(OC)CC2)N1CCCC. The first-order valence-corrected chi connectivity index (χ1v) is 9.99. The third-order valence-corrected chi connectivity index (χ3v) is 6.12. The van der Waals surface area contributed by atoms with Crippen molar-refractivity contribution < 1.29 is 4.84 Å². The van der Waals surface area contributed by atoms with Crippen LogP contribution in [0.2, 0.25) is 0 Å². The molecule has 3 nitrogen and oxygen atoms in total. The second-order valence-electron chi connectivity index (χ2n) is 8.00. The van der Waals surface area contributed by atoms with E-state index in [-0.39, 0.29) is 5.54 Å². The molecule has 1 aromatic carbocycles. The summed E-state index contributed by atoms with van der Waals surface area (Å²) in [7, 11) is 1.78. The first-order valence-electron chi connectivity index (χ1n) is 9.99. The van der Waals surface area contributed by atoms with Crippen LogP contribution in [0.15, 0.2) is 30.5 Å². The van der Waals surface area contributed by atoms with Crippen molar-refractivity contribution >= 4 is 5.57 Å². The summed E-state index contributed by atoms with van der Waals surface area (Å²) in [5.74, 6) is 0. The van der Waals surface area contributed by atoms with Gasteiger partial charge in [0.25, 0.3) is 0 Å². The van der Waals surface area contributed by atoms with E-state index in [1.807, 2.05) is 0 Å². The van der Waals surface area contributed by atoms with E-state index in [1.165, 1.54) is 46.4 Å². The van der Waals surface area contributed by atoms with Gasteiger partial charge in [-0.05, 0) is 62.8 Å². The van der Waals surface area contributed by atoms with Gasteiger partial charge in [0.1, 0.15) is 0 Å². The summed E-state index contributed by atoms with van der Waals surface area (Å²) in [4.78, 5) is 8.07. The van der Waals surface area contributed by atoms with E-state index in [0.29, 0.717) is 0 Å². The molecule has 0 radical (unpaired) electrons. The first-order chi connectivity index (χ1) is 12.4. The topological polar surface area (TPSA) is 15.7 Å². The Balaban J connectivity index is 2.01. The molecule has 0 N–H and O–H groups in total. The molecule has 1 saturated heterocycles. The van der Waals surface area contributed by atoms with Gasteiger partial charge in [-0.15, -0.1) is 0 Å². The number of hydrogen-bond acceptors (Lipinski definition) is 3. The summed E-state index contributed by atoms with van der Waals surface area (Å²) in [5, 5.41) is 2.08. The highest BCUT2D eigenvalue weighted by molar-refractivity contribution is 5.85. The summed E-state index contributed by atoms with van der Waals surface area (Å²) in [5.41, 5.74) is 8.09. The third-order valence-electron chi connectivity index (χ3n) is 6.12. The molecule has 1 aromatic rings. The third kappa shape index (κ3) is 3.35. The second kappa shape index (κ2) is 7.58. The van der Waals surface area contributed by atoms with Gasteiger partial charge in [0.15, 0.2) is 0 Å². The van der Waals surface area contributed by atoms with Crippen LogP contribution < -0.4 is 0 Å². The van der Waals surface area contributed by atoms with E-state index < -0.39 is 0 Å². The number of piperidine rings is 1. The van der Waals surface area contributed by atoms with Gasteiger partial charge in [0.05, 0.1) is 12.6 Å². The van der Waals surface area contributed by atoms with Crippen molar-refractivity contribution in [3.05, 3.63) is 52.7 Å². The molecule has 1 spiro atoms.